The van der Waals surface area contributed by atoms with Crippen LogP contribution in [0.1, 0.15) is 24.3 Å². The van der Waals surface area contributed by atoms with Crippen molar-refractivity contribution in [3.05, 3.63) is 48.2 Å². The lowest BCUT2D eigenvalue weighted by molar-refractivity contribution is 0.391. The van der Waals surface area contributed by atoms with E-state index < -0.39 is 0 Å². The van der Waals surface area contributed by atoms with E-state index in [4.69, 9.17) is 9.15 Å². The van der Waals surface area contributed by atoms with Gasteiger partial charge in [0.25, 0.3) is 0 Å². The molecular weight excluding hydrogens is 228 g/mol. The first-order valence-corrected chi connectivity index (χ1v) is 6.08. The van der Waals surface area contributed by atoms with Gasteiger partial charge < -0.3 is 14.5 Å². The maximum absolute atomic E-state index is 5.41. The second-order valence-corrected chi connectivity index (χ2v) is 4.01. The van der Waals surface area contributed by atoms with Crippen LogP contribution in [0.5, 0.6) is 5.75 Å². The largest absolute Gasteiger partial charge is 0.495 e. The molecule has 1 N–H and O–H groups in total. The van der Waals surface area contributed by atoms with Crippen LogP contribution < -0.4 is 10.1 Å². The van der Waals surface area contributed by atoms with Crippen LogP contribution in [0.2, 0.25) is 0 Å². The lowest BCUT2D eigenvalue weighted by Crippen LogP contribution is -2.23. The number of hydrogen-bond donors (Lipinski definition) is 1. The lowest BCUT2D eigenvalue weighted by atomic mass is 10.0. The Bertz CT molecular complexity index is 468. The number of aromatic nitrogens is 1. The first-order chi connectivity index (χ1) is 8.85. The van der Waals surface area contributed by atoms with Gasteiger partial charge in [0.15, 0.2) is 0 Å². The molecule has 2 aromatic rings. The van der Waals surface area contributed by atoms with Crippen LogP contribution in [0.25, 0.3) is 0 Å². The third-order valence-electron chi connectivity index (χ3n) is 2.85. The SMILES string of the molecule is CCNC(Cc1ccco1)c1ccncc1OC. The van der Waals surface area contributed by atoms with Gasteiger partial charge in [-0.25, -0.2) is 0 Å². The van der Waals surface area contributed by atoms with E-state index in [1.807, 2.05) is 18.2 Å². The van der Waals surface area contributed by atoms with Crippen LogP contribution in [-0.4, -0.2) is 18.6 Å². The number of methoxy groups -OCH3 is 1. The number of rotatable bonds is 6. The summed E-state index contributed by atoms with van der Waals surface area (Å²) in [6.45, 7) is 2.97. The summed E-state index contributed by atoms with van der Waals surface area (Å²) in [5, 5.41) is 3.44. The molecule has 1 atom stereocenters. The molecule has 2 heterocycles. The molecule has 18 heavy (non-hydrogen) atoms. The summed E-state index contributed by atoms with van der Waals surface area (Å²) < 4.78 is 10.8. The van der Waals surface area contributed by atoms with E-state index >= 15 is 0 Å². The first-order valence-electron chi connectivity index (χ1n) is 6.08. The Hall–Kier alpha value is -1.81. The van der Waals surface area contributed by atoms with Gasteiger partial charge in [-0.05, 0) is 24.7 Å². The summed E-state index contributed by atoms with van der Waals surface area (Å²) in [7, 11) is 1.66. The summed E-state index contributed by atoms with van der Waals surface area (Å²) in [4.78, 5) is 4.08. The van der Waals surface area contributed by atoms with Gasteiger partial charge in [-0.3, -0.25) is 4.98 Å². The summed E-state index contributed by atoms with van der Waals surface area (Å²) in [5.41, 5.74) is 1.10. The quantitative estimate of drug-likeness (QED) is 0.851. The number of hydrogen-bond acceptors (Lipinski definition) is 4. The van der Waals surface area contributed by atoms with Crippen molar-refractivity contribution in [3.63, 3.8) is 0 Å². The van der Waals surface area contributed by atoms with Gasteiger partial charge in [0.05, 0.1) is 19.6 Å². The van der Waals surface area contributed by atoms with Gasteiger partial charge in [0.1, 0.15) is 11.5 Å². The van der Waals surface area contributed by atoms with Crippen LogP contribution in [0, 0.1) is 0 Å². The molecule has 0 aliphatic carbocycles. The van der Waals surface area contributed by atoms with Crippen LogP contribution >= 0.6 is 0 Å². The van der Waals surface area contributed by atoms with Crippen molar-refractivity contribution in [2.24, 2.45) is 0 Å². The van der Waals surface area contributed by atoms with E-state index in [2.05, 4.69) is 17.2 Å². The molecule has 0 bridgehead atoms. The monoisotopic (exact) mass is 246 g/mol. The van der Waals surface area contributed by atoms with Crippen LogP contribution in [-0.2, 0) is 6.42 Å². The average molecular weight is 246 g/mol. The average Bonchev–Trinajstić information content (AvgIpc) is 2.91. The highest BCUT2D eigenvalue weighted by Gasteiger charge is 2.16. The van der Waals surface area contributed by atoms with Crippen molar-refractivity contribution >= 4 is 0 Å². The summed E-state index contributed by atoms with van der Waals surface area (Å²) in [6.07, 6.45) is 6.01. The molecule has 0 aliphatic rings. The Balaban J connectivity index is 2.23. The van der Waals surface area contributed by atoms with Gasteiger partial charge in [-0.15, -0.1) is 0 Å². The number of ether oxygens (including phenoxy) is 1. The Morgan fingerprint density at radius 1 is 1.44 bits per heavy atom. The number of furan rings is 1. The minimum atomic E-state index is 0.166. The normalized spacial score (nSPS) is 12.3. The third-order valence-corrected chi connectivity index (χ3v) is 2.85. The van der Waals surface area contributed by atoms with E-state index in [0.717, 1.165) is 30.0 Å². The zero-order chi connectivity index (χ0) is 12.8. The highest BCUT2D eigenvalue weighted by Crippen LogP contribution is 2.26. The smallest absolute Gasteiger partial charge is 0.141 e. The fourth-order valence-corrected chi connectivity index (χ4v) is 2.02. The highest BCUT2D eigenvalue weighted by atomic mass is 16.5. The molecule has 4 nitrogen and oxygen atoms in total. The van der Waals surface area contributed by atoms with Gasteiger partial charge in [0, 0.05) is 24.2 Å². The predicted octanol–water partition coefficient (Wildman–Crippen LogP) is 2.58. The van der Waals surface area contributed by atoms with E-state index in [-0.39, 0.29) is 6.04 Å². The molecule has 0 fully saturated rings. The molecule has 96 valence electrons. The molecule has 1 unspecified atom stereocenters. The molecular formula is C14H18N2O2. The molecule has 0 radical (unpaired) electrons. The maximum atomic E-state index is 5.41. The summed E-state index contributed by atoms with van der Waals surface area (Å²) in [6, 6.07) is 6.04. The number of nitrogens with one attached hydrogen (secondary N) is 1. The minimum Gasteiger partial charge on any atom is -0.495 e. The fourth-order valence-electron chi connectivity index (χ4n) is 2.02. The molecule has 0 amide bonds. The topological polar surface area (TPSA) is 47.3 Å². The zero-order valence-corrected chi connectivity index (χ0v) is 10.7. The van der Waals surface area contributed by atoms with E-state index in [1.54, 1.807) is 25.8 Å². The van der Waals surface area contributed by atoms with E-state index in [1.165, 1.54) is 0 Å². The Morgan fingerprint density at radius 2 is 2.33 bits per heavy atom. The number of nitrogens with zero attached hydrogens (tertiary/aromatic N) is 1. The van der Waals surface area contributed by atoms with E-state index in [0.29, 0.717) is 0 Å². The van der Waals surface area contributed by atoms with Crippen molar-refractivity contribution in [3.8, 4) is 5.75 Å². The molecule has 0 aliphatic heterocycles. The van der Waals surface area contributed by atoms with Crippen LogP contribution in [0.3, 0.4) is 0 Å². The minimum absolute atomic E-state index is 0.166. The van der Waals surface area contributed by atoms with Gasteiger partial charge in [-0.1, -0.05) is 6.92 Å². The van der Waals surface area contributed by atoms with Crippen molar-refractivity contribution in [2.45, 2.75) is 19.4 Å². The summed E-state index contributed by atoms with van der Waals surface area (Å²) >= 11 is 0. The van der Waals surface area contributed by atoms with Crippen molar-refractivity contribution in [1.82, 2.24) is 10.3 Å². The molecule has 4 heteroatoms. The Labute approximate surface area is 107 Å². The standard InChI is InChI=1S/C14H18N2O2/c1-3-16-13(9-11-5-4-8-18-11)12-6-7-15-10-14(12)17-2/h4-8,10,13,16H,3,9H2,1-2H3. The van der Waals surface area contributed by atoms with Crippen molar-refractivity contribution < 1.29 is 9.15 Å². The fraction of sp³-hybridized carbons (Fsp3) is 0.357. The van der Waals surface area contributed by atoms with Crippen LogP contribution in [0.15, 0.2) is 41.3 Å². The second-order valence-electron chi connectivity index (χ2n) is 4.01. The maximum Gasteiger partial charge on any atom is 0.141 e. The van der Waals surface area contributed by atoms with Gasteiger partial charge in [0.2, 0.25) is 0 Å². The molecule has 0 saturated carbocycles. The van der Waals surface area contributed by atoms with Gasteiger partial charge >= 0.3 is 0 Å². The van der Waals surface area contributed by atoms with Crippen molar-refractivity contribution in [1.29, 1.82) is 0 Å². The Morgan fingerprint density at radius 3 is 3.00 bits per heavy atom. The van der Waals surface area contributed by atoms with Crippen molar-refractivity contribution in [2.75, 3.05) is 13.7 Å². The third kappa shape index (κ3) is 2.90. The number of pyridine rings is 1. The molecule has 0 aromatic carbocycles. The first kappa shape index (κ1) is 12.6. The summed E-state index contributed by atoms with van der Waals surface area (Å²) in [5.74, 6) is 1.76. The molecule has 2 aromatic heterocycles. The Kier molecular flexibility index (Phi) is 4.36. The van der Waals surface area contributed by atoms with E-state index in [9.17, 15) is 0 Å². The zero-order valence-electron chi connectivity index (χ0n) is 10.7. The van der Waals surface area contributed by atoms with Crippen LogP contribution in [0.4, 0.5) is 0 Å². The van der Waals surface area contributed by atoms with Gasteiger partial charge in [-0.2, -0.15) is 0 Å². The molecule has 0 saturated heterocycles. The predicted molar refractivity (Wildman–Crippen MR) is 69.6 cm³/mol. The second kappa shape index (κ2) is 6.21. The number of likely N-dealkylation sites (N-methyl/N-ethyl adjacent to an activating group) is 1. The highest BCUT2D eigenvalue weighted by molar-refractivity contribution is 5.33. The molecule has 0 spiro atoms. The molecule has 2 rings (SSSR count). The lowest BCUT2D eigenvalue weighted by Gasteiger charge is -2.19.